The number of carbonyl (C=O) groups is 2. The maximum Gasteiger partial charge on any atom is 0.407 e. The fourth-order valence-corrected chi connectivity index (χ4v) is 5.17. The van der Waals surface area contributed by atoms with Crippen LogP contribution in [0.3, 0.4) is 0 Å². The van der Waals surface area contributed by atoms with Crippen molar-refractivity contribution in [2.75, 3.05) is 10.6 Å². The number of amides is 2. The van der Waals surface area contributed by atoms with Crippen molar-refractivity contribution >= 4 is 51.9 Å². The number of nitrogens with zero attached hydrogens (tertiary/aromatic N) is 1. The van der Waals surface area contributed by atoms with Crippen molar-refractivity contribution in [3.63, 3.8) is 0 Å². The Morgan fingerprint density at radius 1 is 1.18 bits per heavy atom. The number of hydrogen-bond acceptors (Lipinski definition) is 6. The van der Waals surface area contributed by atoms with Gasteiger partial charge in [-0.05, 0) is 80.8 Å². The number of anilines is 3. The van der Waals surface area contributed by atoms with Crippen LogP contribution in [0.5, 0.6) is 0 Å². The predicted molar refractivity (Wildman–Crippen MR) is 142 cm³/mol. The van der Waals surface area contributed by atoms with Gasteiger partial charge >= 0.3 is 6.09 Å². The summed E-state index contributed by atoms with van der Waals surface area (Å²) in [4.78, 5) is 29.9. The topological polar surface area (TPSA) is 104 Å². The molecule has 0 spiro atoms. The Morgan fingerprint density at radius 2 is 1.91 bits per heavy atom. The zero-order valence-corrected chi connectivity index (χ0v) is 22.2. The minimum absolute atomic E-state index is 0.0113. The summed E-state index contributed by atoms with van der Waals surface area (Å²) in [6.07, 6.45) is 3.49. The molecule has 1 aliphatic heterocycles. The number of rotatable bonds is 5. The van der Waals surface area contributed by atoms with Crippen molar-refractivity contribution in [3.05, 3.63) is 44.5 Å². The Morgan fingerprint density at radius 3 is 2.62 bits per heavy atom. The molecular formula is C25H32IN5O3. The smallest absolute Gasteiger partial charge is 0.407 e. The van der Waals surface area contributed by atoms with Crippen LogP contribution in [0.15, 0.2) is 24.3 Å². The molecule has 0 radical (unpaired) electrons. The number of ether oxygens (including phenoxy) is 1. The molecule has 34 heavy (non-hydrogen) atoms. The average Bonchev–Trinajstić information content (AvgIpc) is 3.13. The van der Waals surface area contributed by atoms with Crippen LogP contribution >= 0.6 is 22.6 Å². The normalized spacial score (nSPS) is 19.7. The minimum atomic E-state index is -0.547. The van der Waals surface area contributed by atoms with Gasteiger partial charge in [-0.2, -0.15) is 0 Å². The van der Waals surface area contributed by atoms with Crippen molar-refractivity contribution in [1.29, 1.82) is 0 Å². The summed E-state index contributed by atoms with van der Waals surface area (Å²) in [5, 5.41) is 12.9. The van der Waals surface area contributed by atoms with Crippen LogP contribution < -0.4 is 21.3 Å². The molecule has 0 bridgehead atoms. The summed E-state index contributed by atoms with van der Waals surface area (Å²) >= 11 is 2.26. The first-order valence-corrected chi connectivity index (χ1v) is 12.8. The van der Waals surface area contributed by atoms with E-state index in [2.05, 4.69) is 43.9 Å². The number of carbonyl (C=O) groups excluding carboxylic acids is 2. The first-order valence-electron chi connectivity index (χ1n) is 11.7. The molecule has 1 aromatic heterocycles. The lowest BCUT2D eigenvalue weighted by Gasteiger charge is -2.34. The number of benzene rings is 1. The van der Waals surface area contributed by atoms with Crippen LogP contribution in [0.1, 0.15) is 67.9 Å². The average molecular weight is 577 g/mol. The van der Waals surface area contributed by atoms with Crippen molar-refractivity contribution < 1.29 is 14.3 Å². The van der Waals surface area contributed by atoms with Gasteiger partial charge in [0.1, 0.15) is 17.2 Å². The number of hydrogen-bond donors (Lipinski definition) is 4. The quantitative estimate of drug-likeness (QED) is 0.363. The van der Waals surface area contributed by atoms with E-state index in [9.17, 15) is 9.59 Å². The van der Waals surface area contributed by atoms with Crippen LogP contribution in [0.25, 0.3) is 0 Å². The Labute approximate surface area is 214 Å². The molecule has 1 aliphatic carbocycles. The van der Waals surface area contributed by atoms with Gasteiger partial charge in [0.2, 0.25) is 0 Å². The van der Waals surface area contributed by atoms with Gasteiger partial charge in [0.25, 0.3) is 5.91 Å². The van der Waals surface area contributed by atoms with Crippen molar-refractivity contribution in [1.82, 2.24) is 15.6 Å². The summed E-state index contributed by atoms with van der Waals surface area (Å²) in [5.74, 6) is 1.13. The van der Waals surface area contributed by atoms with Gasteiger partial charge in [0.15, 0.2) is 0 Å². The maximum absolute atomic E-state index is 12.6. The largest absolute Gasteiger partial charge is 0.444 e. The molecule has 1 aromatic carbocycles. The second-order valence-electron chi connectivity index (χ2n) is 9.94. The predicted octanol–water partition coefficient (Wildman–Crippen LogP) is 5.23. The van der Waals surface area contributed by atoms with Gasteiger partial charge in [-0.1, -0.05) is 25.0 Å². The molecule has 1 fully saturated rings. The molecule has 8 nitrogen and oxygen atoms in total. The third-order valence-corrected chi connectivity index (χ3v) is 7.12. The van der Waals surface area contributed by atoms with Gasteiger partial charge in [0, 0.05) is 23.8 Å². The standard InChI is InChI=1S/C25H32IN5O3/c1-14-8-7-9-15(12-14)28-21-19-16(13-27-23(19)32)20(26)22(31-21)29-17-10-5-6-11-18(17)30-24(33)34-25(2,3)4/h7-9,12,17-18H,5-6,10-11,13H2,1-4H3,(H,27,32)(H,30,33)(H2,28,29,31)/t17-,18+/m1/s1. The van der Waals surface area contributed by atoms with E-state index in [4.69, 9.17) is 9.72 Å². The molecule has 2 aliphatic rings. The number of pyridine rings is 1. The van der Waals surface area contributed by atoms with Crippen molar-refractivity contribution in [2.45, 2.75) is 77.6 Å². The highest BCUT2D eigenvalue weighted by Gasteiger charge is 2.32. The van der Waals surface area contributed by atoms with E-state index >= 15 is 0 Å². The molecule has 0 unspecified atom stereocenters. The number of fused-ring (bicyclic) bond motifs is 1. The van der Waals surface area contributed by atoms with Gasteiger partial charge in [-0.3, -0.25) is 4.79 Å². The first-order chi connectivity index (χ1) is 16.1. The molecule has 4 N–H and O–H groups in total. The molecule has 2 heterocycles. The summed E-state index contributed by atoms with van der Waals surface area (Å²) in [5.41, 5.74) is 2.97. The van der Waals surface area contributed by atoms with E-state index in [0.717, 1.165) is 46.1 Å². The lowest BCUT2D eigenvalue weighted by Crippen LogP contribution is -2.50. The third kappa shape index (κ3) is 5.73. The summed E-state index contributed by atoms with van der Waals surface area (Å²) in [6.45, 7) is 8.07. The zero-order valence-electron chi connectivity index (χ0n) is 20.0. The highest BCUT2D eigenvalue weighted by molar-refractivity contribution is 14.1. The highest BCUT2D eigenvalue weighted by atomic mass is 127. The fourth-order valence-electron chi connectivity index (χ4n) is 4.44. The lowest BCUT2D eigenvalue weighted by atomic mass is 9.90. The van der Waals surface area contributed by atoms with E-state index in [1.807, 2.05) is 52.0 Å². The van der Waals surface area contributed by atoms with Crippen LogP contribution in [0.2, 0.25) is 0 Å². The highest BCUT2D eigenvalue weighted by Crippen LogP contribution is 2.35. The summed E-state index contributed by atoms with van der Waals surface area (Å²) < 4.78 is 6.40. The third-order valence-electron chi connectivity index (χ3n) is 5.96. The number of aryl methyl sites for hydroxylation is 1. The monoisotopic (exact) mass is 577 g/mol. The van der Waals surface area contributed by atoms with Crippen LogP contribution in [0, 0.1) is 10.5 Å². The van der Waals surface area contributed by atoms with Gasteiger partial charge in [-0.25, -0.2) is 9.78 Å². The molecule has 4 rings (SSSR count). The van der Waals surface area contributed by atoms with E-state index < -0.39 is 11.7 Å². The van der Waals surface area contributed by atoms with Crippen LogP contribution in [0.4, 0.5) is 22.1 Å². The molecule has 0 saturated heterocycles. The lowest BCUT2D eigenvalue weighted by molar-refractivity contribution is 0.0488. The van der Waals surface area contributed by atoms with E-state index in [-0.39, 0.29) is 18.0 Å². The Bertz CT molecular complexity index is 1100. The van der Waals surface area contributed by atoms with E-state index in [1.165, 1.54) is 0 Å². The second-order valence-corrected chi connectivity index (χ2v) is 11.0. The zero-order chi connectivity index (χ0) is 24.5. The summed E-state index contributed by atoms with van der Waals surface area (Å²) in [6, 6.07) is 7.92. The molecule has 2 atom stereocenters. The van der Waals surface area contributed by atoms with Gasteiger partial charge < -0.3 is 26.0 Å². The molecular weight excluding hydrogens is 545 g/mol. The van der Waals surface area contributed by atoms with Crippen molar-refractivity contribution in [3.8, 4) is 0 Å². The molecule has 182 valence electrons. The summed E-state index contributed by atoms with van der Waals surface area (Å²) in [7, 11) is 0. The van der Waals surface area contributed by atoms with E-state index in [0.29, 0.717) is 23.7 Å². The number of aromatic nitrogens is 1. The molecule has 9 heteroatoms. The Balaban J connectivity index is 1.60. The number of nitrogens with one attached hydrogen (secondary N) is 4. The molecule has 1 saturated carbocycles. The van der Waals surface area contributed by atoms with Crippen LogP contribution in [-0.4, -0.2) is 34.7 Å². The fraction of sp³-hybridized carbons (Fsp3) is 0.480. The number of alkyl carbamates (subject to hydrolysis) is 1. The van der Waals surface area contributed by atoms with Gasteiger partial charge in [0.05, 0.1) is 15.2 Å². The first kappa shape index (κ1) is 24.6. The second kappa shape index (κ2) is 9.97. The van der Waals surface area contributed by atoms with Gasteiger partial charge in [-0.15, -0.1) is 0 Å². The van der Waals surface area contributed by atoms with Crippen molar-refractivity contribution in [2.24, 2.45) is 0 Å². The Kier molecular flexibility index (Phi) is 7.20. The minimum Gasteiger partial charge on any atom is -0.444 e. The van der Waals surface area contributed by atoms with Crippen LogP contribution in [-0.2, 0) is 11.3 Å². The number of halogens is 1. The van der Waals surface area contributed by atoms with E-state index in [1.54, 1.807) is 0 Å². The Hall–Kier alpha value is -2.56. The maximum atomic E-state index is 12.6. The molecule has 2 aromatic rings. The SMILES string of the molecule is Cc1cccc(Nc2nc(N[C@@H]3CCCC[C@@H]3NC(=O)OC(C)(C)C)c(I)c3c2C(=O)NC3)c1. The molecule has 2 amide bonds.